The Kier molecular flexibility index (Phi) is 4.91. The number of nitrogens with zero attached hydrogens (tertiary/aromatic N) is 2. The first-order valence-corrected chi connectivity index (χ1v) is 5.88. The number of ether oxygens (including phenoxy) is 2. The predicted molar refractivity (Wildman–Crippen MR) is 65.6 cm³/mol. The van der Waals surface area contributed by atoms with E-state index in [1.807, 2.05) is 6.26 Å². The Morgan fingerprint density at radius 3 is 2.62 bits per heavy atom. The maximum Gasteiger partial charge on any atom is 0.321 e. The molecule has 6 heteroatoms. The Morgan fingerprint density at radius 1 is 1.38 bits per heavy atom. The molecule has 1 heterocycles. The molecule has 1 aromatic rings. The topological polar surface area (TPSA) is 56.3 Å². The molecule has 0 bridgehead atoms. The first-order valence-electron chi connectivity index (χ1n) is 4.65. The van der Waals surface area contributed by atoms with Crippen LogP contribution in [0, 0.1) is 0 Å². The molecule has 1 N–H and O–H groups in total. The van der Waals surface area contributed by atoms with E-state index in [9.17, 15) is 0 Å². The number of methoxy groups -OCH3 is 2. The fourth-order valence-corrected chi connectivity index (χ4v) is 1.73. The molecule has 5 nitrogen and oxygen atoms in total. The molecule has 0 aliphatic carbocycles. The Labute approximate surface area is 99.3 Å². The van der Waals surface area contributed by atoms with Crippen LogP contribution in [0.3, 0.4) is 0 Å². The molecule has 16 heavy (non-hydrogen) atoms. The smallest absolute Gasteiger partial charge is 0.321 e. The van der Waals surface area contributed by atoms with Crippen LogP contribution in [-0.4, -0.2) is 37.0 Å². The first kappa shape index (κ1) is 12.6. The van der Waals surface area contributed by atoms with Crippen molar-refractivity contribution in [1.82, 2.24) is 9.97 Å². The lowest BCUT2D eigenvalue weighted by Crippen LogP contribution is -2.06. The predicted octanol–water partition coefficient (Wildman–Crippen LogP) is 1.81. The van der Waals surface area contributed by atoms with Gasteiger partial charge in [0, 0.05) is 6.54 Å². The molecule has 0 aliphatic heterocycles. The molecule has 0 spiro atoms. The third-order valence-electron chi connectivity index (χ3n) is 1.81. The van der Waals surface area contributed by atoms with Gasteiger partial charge in [0.2, 0.25) is 5.88 Å². The second kappa shape index (κ2) is 6.22. The molecule has 1 aromatic heterocycles. The van der Waals surface area contributed by atoms with Gasteiger partial charge in [-0.05, 0) is 6.26 Å². The fourth-order valence-electron chi connectivity index (χ4n) is 1.11. The minimum Gasteiger partial charge on any atom is -0.480 e. The highest BCUT2D eigenvalue weighted by Crippen LogP contribution is 2.33. The first-order chi connectivity index (χ1) is 7.76. The maximum absolute atomic E-state index is 5.18. The average molecular weight is 241 g/mol. The molecule has 0 amide bonds. The van der Waals surface area contributed by atoms with Crippen molar-refractivity contribution in [3.05, 3.63) is 12.7 Å². The van der Waals surface area contributed by atoms with Gasteiger partial charge in [-0.15, -0.1) is 18.3 Å². The van der Waals surface area contributed by atoms with Crippen molar-refractivity contribution in [3.8, 4) is 11.9 Å². The van der Waals surface area contributed by atoms with Crippen molar-refractivity contribution in [2.45, 2.75) is 4.90 Å². The summed E-state index contributed by atoms with van der Waals surface area (Å²) in [6, 6.07) is 0.279. The number of hydrogen-bond donors (Lipinski definition) is 1. The second-order valence-corrected chi connectivity index (χ2v) is 3.59. The standard InChI is InChI=1S/C10H15N3O2S/c1-5-6-11-8-7(16-4)9(14-2)13-10(12-8)15-3/h5H,1,6H2,2-4H3,(H,11,12,13). The number of thioether (sulfide) groups is 1. The quantitative estimate of drug-likeness (QED) is 0.605. The van der Waals surface area contributed by atoms with E-state index >= 15 is 0 Å². The van der Waals surface area contributed by atoms with Gasteiger partial charge in [-0.1, -0.05) is 6.08 Å². The van der Waals surface area contributed by atoms with Crippen LogP contribution >= 0.6 is 11.8 Å². The van der Waals surface area contributed by atoms with Crippen molar-refractivity contribution in [2.24, 2.45) is 0 Å². The van der Waals surface area contributed by atoms with Crippen LogP contribution in [-0.2, 0) is 0 Å². The van der Waals surface area contributed by atoms with Crippen molar-refractivity contribution in [3.63, 3.8) is 0 Å². The third-order valence-corrected chi connectivity index (χ3v) is 2.58. The highest BCUT2D eigenvalue weighted by atomic mass is 32.2. The van der Waals surface area contributed by atoms with Gasteiger partial charge in [-0.2, -0.15) is 9.97 Å². The van der Waals surface area contributed by atoms with Crippen LogP contribution in [0.25, 0.3) is 0 Å². The second-order valence-electron chi connectivity index (χ2n) is 2.77. The summed E-state index contributed by atoms with van der Waals surface area (Å²) < 4.78 is 10.2. The maximum atomic E-state index is 5.18. The van der Waals surface area contributed by atoms with Crippen LogP contribution in [0.5, 0.6) is 11.9 Å². The average Bonchev–Trinajstić information content (AvgIpc) is 2.34. The van der Waals surface area contributed by atoms with E-state index in [1.54, 1.807) is 13.2 Å². The monoisotopic (exact) mass is 241 g/mol. The van der Waals surface area contributed by atoms with Gasteiger partial charge in [0.25, 0.3) is 0 Å². The minimum atomic E-state index is 0.279. The molecule has 0 aliphatic rings. The largest absolute Gasteiger partial charge is 0.480 e. The third kappa shape index (κ3) is 2.79. The van der Waals surface area contributed by atoms with Gasteiger partial charge < -0.3 is 14.8 Å². The summed E-state index contributed by atoms with van der Waals surface area (Å²) in [5.41, 5.74) is 0. The molecule has 0 unspecified atom stereocenters. The zero-order valence-electron chi connectivity index (χ0n) is 9.61. The summed E-state index contributed by atoms with van der Waals surface area (Å²) >= 11 is 1.51. The molecular weight excluding hydrogens is 226 g/mol. The van der Waals surface area contributed by atoms with Crippen molar-refractivity contribution in [1.29, 1.82) is 0 Å². The number of aromatic nitrogens is 2. The molecule has 0 radical (unpaired) electrons. The van der Waals surface area contributed by atoms with E-state index < -0.39 is 0 Å². The van der Waals surface area contributed by atoms with Gasteiger partial charge in [-0.3, -0.25) is 0 Å². The number of nitrogens with one attached hydrogen (secondary N) is 1. The summed E-state index contributed by atoms with van der Waals surface area (Å²) in [6.07, 6.45) is 3.69. The lowest BCUT2D eigenvalue weighted by molar-refractivity contribution is 0.346. The van der Waals surface area contributed by atoms with Gasteiger partial charge in [0.05, 0.1) is 14.2 Å². The van der Waals surface area contributed by atoms with Gasteiger partial charge in [-0.25, -0.2) is 0 Å². The zero-order valence-corrected chi connectivity index (χ0v) is 10.4. The van der Waals surface area contributed by atoms with Crippen LogP contribution in [0.15, 0.2) is 17.6 Å². The molecule has 0 aromatic carbocycles. The molecule has 0 saturated heterocycles. The van der Waals surface area contributed by atoms with Crippen molar-refractivity contribution in [2.75, 3.05) is 32.3 Å². The molecule has 88 valence electrons. The summed E-state index contributed by atoms with van der Waals surface area (Å²) in [4.78, 5) is 9.17. The number of hydrogen-bond acceptors (Lipinski definition) is 6. The molecule has 0 atom stereocenters. The highest BCUT2D eigenvalue weighted by molar-refractivity contribution is 7.98. The lowest BCUT2D eigenvalue weighted by atomic mass is 10.5. The lowest BCUT2D eigenvalue weighted by Gasteiger charge is -2.12. The van der Waals surface area contributed by atoms with E-state index in [-0.39, 0.29) is 6.01 Å². The van der Waals surface area contributed by atoms with Gasteiger partial charge >= 0.3 is 6.01 Å². The van der Waals surface area contributed by atoms with Crippen molar-refractivity contribution < 1.29 is 9.47 Å². The van der Waals surface area contributed by atoms with Crippen LogP contribution < -0.4 is 14.8 Å². The Morgan fingerprint density at radius 2 is 2.12 bits per heavy atom. The zero-order chi connectivity index (χ0) is 12.0. The summed E-state index contributed by atoms with van der Waals surface area (Å²) in [5.74, 6) is 1.20. The summed E-state index contributed by atoms with van der Waals surface area (Å²) in [6.45, 7) is 4.26. The van der Waals surface area contributed by atoms with Crippen LogP contribution in [0.2, 0.25) is 0 Å². The number of rotatable bonds is 6. The van der Waals surface area contributed by atoms with Crippen molar-refractivity contribution >= 4 is 17.6 Å². The van der Waals surface area contributed by atoms with Gasteiger partial charge in [0.15, 0.2) is 5.82 Å². The Bertz CT molecular complexity index is 371. The van der Waals surface area contributed by atoms with Crippen LogP contribution in [0.4, 0.5) is 5.82 Å². The normalized spacial score (nSPS) is 9.69. The molecule has 0 fully saturated rings. The Balaban J connectivity index is 3.14. The minimum absolute atomic E-state index is 0.279. The van der Waals surface area contributed by atoms with E-state index in [0.717, 1.165) is 4.90 Å². The van der Waals surface area contributed by atoms with Crippen LogP contribution in [0.1, 0.15) is 0 Å². The molecule has 0 saturated carbocycles. The van der Waals surface area contributed by atoms with E-state index in [0.29, 0.717) is 18.2 Å². The fraction of sp³-hybridized carbons (Fsp3) is 0.400. The summed E-state index contributed by atoms with van der Waals surface area (Å²) in [5, 5.41) is 3.11. The SMILES string of the molecule is C=CCNc1nc(OC)nc(OC)c1SC. The number of anilines is 1. The van der Waals surface area contributed by atoms with E-state index in [4.69, 9.17) is 9.47 Å². The van der Waals surface area contributed by atoms with E-state index in [1.165, 1.54) is 18.9 Å². The highest BCUT2D eigenvalue weighted by Gasteiger charge is 2.14. The van der Waals surface area contributed by atoms with E-state index in [2.05, 4.69) is 21.9 Å². The van der Waals surface area contributed by atoms with Gasteiger partial charge in [0.1, 0.15) is 4.90 Å². The molecular formula is C10H15N3O2S. The Hall–Kier alpha value is -1.43. The molecule has 1 rings (SSSR count). The summed E-state index contributed by atoms with van der Waals surface area (Å²) in [7, 11) is 3.09.